The topological polar surface area (TPSA) is 58.9 Å². The third-order valence-corrected chi connectivity index (χ3v) is 2.51. The summed E-state index contributed by atoms with van der Waals surface area (Å²) in [4.78, 5) is 13.6. The second-order valence-electron chi connectivity index (χ2n) is 3.77. The van der Waals surface area contributed by atoms with Crippen LogP contribution in [0.2, 0.25) is 0 Å². The Kier molecular flexibility index (Phi) is 2.19. The lowest BCUT2D eigenvalue weighted by atomic mass is 10.0. The highest BCUT2D eigenvalue weighted by atomic mass is 16.1. The number of hydrogen-bond acceptors (Lipinski definition) is 2. The van der Waals surface area contributed by atoms with Crippen molar-refractivity contribution in [1.29, 1.82) is 0 Å². The quantitative estimate of drug-likeness (QED) is 0.730. The molecule has 1 unspecified atom stereocenters. The van der Waals surface area contributed by atoms with Gasteiger partial charge in [-0.3, -0.25) is 4.79 Å². The molecule has 1 heterocycles. The van der Waals surface area contributed by atoms with Crippen molar-refractivity contribution < 1.29 is 0 Å². The van der Waals surface area contributed by atoms with Gasteiger partial charge in [0.1, 0.15) is 0 Å². The van der Waals surface area contributed by atoms with Crippen LogP contribution in [0.5, 0.6) is 0 Å². The molecule has 1 aromatic heterocycles. The smallest absolute Gasteiger partial charge is 0.248 e. The highest BCUT2D eigenvalue weighted by Gasteiger charge is 2.24. The van der Waals surface area contributed by atoms with Gasteiger partial charge in [-0.25, -0.2) is 0 Å². The molecule has 1 aliphatic rings. The molecule has 1 fully saturated rings. The van der Waals surface area contributed by atoms with E-state index < -0.39 is 0 Å². The lowest BCUT2D eigenvalue weighted by Crippen LogP contribution is -2.14. The molecule has 13 heavy (non-hydrogen) atoms. The Hall–Kier alpha value is -1.09. The third-order valence-electron chi connectivity index (χ3n) is 2.51. The van der Waals surface area contributed by atoms with Crippen LogP contribution < -0.4 is 11.3 Å². The number of aromatic amines is 1. The molecule has 0 aromatic carbocycles. The molecule has 1 aliphatic carbocycles. The first-order valence-electron chi connectivity index (χ1n) is 4.70. The van der Waals surface area contributed by atoms with Crippen molar-refractivity contribution in [3.63, 3.8) is 0 Å². The van der Waals surface area contributed by atoms with E-state index in [4.69, 9.17) is 5.73 Å². The van der Waals surface area contributed by atoms with Crippen molar-refractivity contribution in [3.05, 3.63) is 34.2 Å². The van der Waals surface area contributed by atoms with Crippen LogP contribution in [0.1, 0.15) is 30.9 Å². The molecule has 3 nitrogen and oxygen atoms in total. The van der Waals surface area contributed by atoms with E-state index in [9.17, 15) is 4.79 Å². The normalized spacial score (nSPS) is 18.5. The molecule has 1 aromatic rings. The van der Waals surface area contributed by atoms with Crippen molar-refractivity contribution >= 4 is 0 Å². The minimum Gasteiger partial charge on any atom is -0.329 e. The number of H-pyrrole nitrogens is 1. The number of rotatable bonds is 3. The molecule has 1 atom stereocenters. The average molecular weight is 178 g/mol. The van der Waals surface area contributed by atoms with E-state index in [0.29, 0.717) is 0 Å². The van der Waals surface area contributed by atoms with Gasteiger partial charge < -0.3 is 10.7 Å². The van der Waals surface area contributed by atoms with Crippen LogP contribution in [0.4, 0.5) is 0 Å². The van der Waals surface area contributed by atoms with E-state index in [-0.39, 0.29) is 11.6 Å². The van der Waals surface area contributed by atoms with Crippen molar-refractivity contribution in [1.82, 2.24) is 4.98 Å². The summed E-state index contributed by atoms with van der Waals surface area (Å²) < 4.78 is 0. The van der Waals surface area contributed by atoms with Gasteiger partial charge in [-0.15, -0.1) is 0 Å². The first kappa shape index (κ1) is 8.51. The van der Waals surface area contributed by atoms with Crippen LogP contribution in [-0.4, -0.2) is 4.98 Å². The fraction of sp³-hybridized carbons (Fsp3) is 0.500. The number of hydrogen-bond donors (Lipinski definition) is 2. The van der Waals surface area contributed by atoms with Gasteiger partial charge in [-0.1, -0.05) is 12.8 Å². The molecule has 0 spiro atoms. The Labute approximate surface area is 77.0 Å². The maximum Gasteiger partial charge on any atom is 0.248 e. The molecular weight excluding hydrogens is 164 g/mol. The monoisotopic (exact) mass is 178 g/mol. The molecule has 70 valence electrons. The van der Waals surface area contributed by atoms with Crippen molar-refractivity contribution in [2.24, 2.45) is 11.7 Å². The summed E-state index contributed by atoms with van der Waals surface area (Å²) in [5.74, 6) is 0.800. The van der Waals surface area contributed by atoms with Gasteiger partial charge in [0.2, 0.25) is 5.56 Å². The van der Waals surface area contributed by atoms with E-state index in [0.717, 1.165) is 17.9 Å². The third kappa shape index (κ3) is 2.18. The molecule has 0 aliphatic heterocycles. The molecule has 1 saturated carbocycles. The molecular formula is C10H14N2O. The van der Waals surface area contributed by atoms with Gasteiger partial charge >= 0.3 is 0 Å². The van der Waals surface area contributed by atoms with Crippen LogP contribution >= 0.6 is 0 Å². The molecule has 0 bridgehead atoms. The van der Waals surface area contributed by atoms with E-state index in [1.807, 2.05) is 6.07 Å². The molecule has 3 N–H and O–H groups in total. The first-order valence-corrected chi connectivity index (χ1v) is 4.70. The molecule has 3 heteroatoms. The van der Waals surface area contributed by atoms with Gasteiger partial charge in [-0.2, -0.15) is 0 Å². The summed E-state index contributed by atoms with van der Waals surface area (Å²) in [6.07, 6.45) is 5.28. The fourth-order valence-corrected chi connectivity index (χ4v) is 1.54. The average Bonchev–Trinajstić information content (AvgIpc) is 2.88. The second kappa shape index (κ2) is 3.34. The second-order valence-corrected chi connectivity index (χ2v) is 3.77. The maximum absolute atomic E-state index is 11.0. The highest BCUT2D eigenvalue weighted by Crippen LogP contribution is 2.36. The summed E-state index contributed by atoms with van der Waals surface area (Å²) in [5, 5.41) is 0. The minimum atomic E-state index is -0.0660. The van der Waals surface area contributed by atoms with E-state index in [1.54, 1.807) is 12.3 Å². The van der Waals surface area contributed by atoms with Gasteiger partial charge in [0.15, 0.2) is 0 Å². The predicted octanol–water partition coefficient (Wildman–Crippen LogP) is 1.17. The van der Waals surface area contributed by atoms with Crippen LogP contribution in [0.3, 0.4) is 0 Å². The number of nitrogens with one attached hydrogen (secondary N) is 1. The van der Waals surface area contributed by atoms with Crippen LogP contribution in [0.15, 0.2) is 23.1 Å². The fourth-order valence-electron chi connectivity index (χ4n) is 1.54. The Morgan fingerprint density at radius 2 is 2.38 bits per heavy atom. The van der Waals surface area contributed by atoms with Crippen molar-refractivity contribution in [3.8, 4) is 0 Å². The largest absolute Gasteiger partial charge is 0.329 e. The zero-order valence-corrected chi connectivity index (χ0v) is 7.49. The first-order chi connectivity index (χ1) is 6.25. The predicted molar refractivity (Wildman–Crippen MR) is 51.3 cm³/mol. The maximum atomic E-state index is 11.0. The van der Waals surface area contributed by atoms with Crippen molar-refractivity contribution in [2.45, 2.75) is 25.3 Å². The van der Waals surface area contributed by atoms with Crippen LogP contribution in [-0.2, 0) is 0 Å². The zero-order chi connectivity index (χ0) is 9.26. The Morgan fingerprint density at radius 3 is 3.00 bits per heavy atom. The van der Waals surface area contributed by atoms with Crippen LogP contribution in [0, 0.1) is 5.92 Å². The van der Waals surface area contributed by atoms with Gasteiger partial charge in [-0.05, 0) is 24.0 Å². The van der Waals surface area contributed by atoms with Gasteiger partial charge in [0.05, 0.1) is 0 Å². The van der Waals surface area contributed by atoms with E-state index in [2.05, 4.69) is 4.98 Å². The molecule has 2 rings (SSSR count). The summed E-state index contributed by atoms with van der Waals surface area (Å²) in [7, 11) is 0. The SMILES string of the molecule is NC(CC1CC1)c1cc[nH]c(=O)c1. The van der Waals surface area contributed by atoms with Crippen LogP contribution in [0.25, 0.3) is 0 Å². The Bertz CT molecular complexity index is 341. The minimum absolute atomic E-state index is 0.0369. The lowest BCUT2D eigenvalue weighted by molar-refractivity contribution is 0.596. The van der Waals surface area contributed by atoms with Crippen molar-refractivity contribution in [2.75, 3.05) is 0 Å². The summed E-state index contributed by atoms with van der Waals surface area (Å²) in [6.45, 7) is 0. The molecule has 0 amide bonds. The number of pyridine rings is 1. The summed E-state index contributed by atoms with van der Waals surface area (Å²) in [6, 6.07) is 3.51. The highest BCUT2D eigenvalue weighted by molar-refractivity contribution is 5.14. The number of nitrogens with two attached hydrogens (primary N) is 1. The Morgan fingerprint density at radius 1 is 1.62 bits per heavy atom. The molecule has 0 radical (unpaired) electrons. The summed E-state index contributed by atoms with van der Waals surface area (Å²) >= 11 is 0. The molecule has 0 saturated heterocycles. The Balaban J connectivity index is 2.09. The zero-order valence-electron chi connectivity index (χ0n) is 7.49. The van der Waals surface area contributed by atoms with E-state index >= 15 is 0 Å². The number of aromatic nitrogens is 1. The van der Waals surface area contributed by atoms with Gasteiger partial charge in [0.25, 0.3) is 0 Å². The lowest BCUT2D eigenvalue weighted by Gasteiger charge is -2.09. The van der Waals surface area contributed by atoms with E-state index in [1.165, 1.54) is 12.8 Å². The summed E-state index contributed by atoms with van der Waals surface area (Å²) in [5.41, 5.74) is 6.84. The van der Waals surface area contributed by atoms with Gasteiger partial charge in [0, 0.05) is 18.3 Å². The standard InChI is InChI=1S/C10H14N2O/c11-9(5-7-1-2-7)8-3-4-12-10(13)6-8/h3-4,6-7,9H,1-2,5,11H2,(H,12,13).